The quantitative estimate of drug-likeness (QED) is 0.759. The summed E-state index contributed by atoms with van der Waals surface area (Å²) in [6, 6.07) is 3.23. The molecular weight excluding hydrogens is 192 g/mol. The molecule has 2 N–H and O–H groups in total. The first-order valence-corrected chi connectivity index (χ1v) is 5.25. The number of aromatic amines is 1. The van der Waals surface area contributed by atoms with Gasteiger partial charge >= 0.3 is 0 Å². The molecule has 0 bridgehead atoms. The second-order valence-corrected chi connectivity index (χ2v) is 3.90. The van der Waals surface area contributed by atoms with Crippen LogP contribution >= 0.6 is 0 Å². The zero-order valence-corrected chi connectivity index (χ0v) is 8.45. The van der Waals surface area contributed by atoms with E-state index in [9.17, 15) is 9.59 Å². The number of H-pyrrole nitrogens is 1. The Labute approximate surface area is 87.7 Å². The highest BCUT2D eigenvalue weighted by Crippen LogP contribution is 2.17. The van der Waals surface area contributed by atoms with Crippen LogP contribution in [0.3, 0.4) is 0 Å². The normalized spacial score (nSPS) is 16.5. The maximum Gasteiger partial charge on any atom is 0.251 e. The number of hydrogen-bond donors (Lipinski definition) is 2. The molecule has 0 aromatic carbocycles. The van der Waals surface area contributed by atoms with Crippen molar-refractivity contribution in [3.63, 3.8) is 0 Å². The minimum absolute atomic E-state index is 0.145. The molecular formula is C11H14N2O2. The van der Waals surface area contributed by atoms with Crippen LogP contribution in [0.2, 0.25) is 0 Å². The van der Waals surface area contributed by atoms with Gasteiger partial charge in [0.15, 0.2) is 0 Å². The van der Waals surface area contributed by atoms with Crippen molar-refractivity contribution in [1.29, 1.82) is 0 Å². The topological polar surface area (TPSA) is 62.0 Å². The Morgan fingerprint density at radius 3 is 2.80 bits per heavy atom. The molecule has 2 rings (SSSR count). The lowest BCUT2D eigenvalue weighted by molar-refractivity contribution is 0.0937. The van der Waals surface area contributed by atoms with E-state index in [1.54, 1.807) is 6.07 Å². The van der Waals surface area contributed by atoms with E-state index < -0.39 is 0 Å². The number of hydrogen-bond acceptors (Lipinski definition) is 2. The second kappa shape index (κ2) is 4.29. The highest BCUT2D eigenvalue weighted by atomic mass is 16.2. The van der Waals surface area contributed by atoms with E-state index >= 15 is 0 Å². The molecule has 0 aliphatic heterocycles. The van der Waals surface area contributed by atoms with Gasteiger partial charge in [-0.25, -0.2) is 0 Å². The Hall–Kier alpha value is -1.58. The molecule has 0 radical (unpaired) electrons. The molecule has 0 spiro atoms. The van der Waals surface area contributed by atoms with E-state index in [0.29, 0.717) is 5.56 Å². The first-order chi connectivity index (χ1) is 7.25. The summed E-state index contributed by atoms with van der Waals surface area (Å²) in [5.74, 6) is -0.145. The maximum absolute atomic E-state index is 11.7. The summed E-state index contributed by atoms with van der Waals surface area (Å²) >= 11 is 0. The lowest BCUT2D eigenvalue weighted by Crippen LogP contribution is -2.33. The summed E-state index contributed by atoms with van der Waals surface area (Å²) in [7, 11) is 0. The van der Waals surface area contributed by atoms with Gasteiger partial charge in [-0.2, -0.15) is 0 Å². The van der Waals surface area contributed by atoms with Crippen LogP contribution < -0.4 is 10.9 Å². The molecule has 4 nitrogen and oxygen atoms in total. The number of carbonyl (C=O) groups is 1. The average molecular weight is 206 g/mol. The molecule has 0 atom stereocenters. The first-order valence-electron chi connectivity index (χ1n) is 5.25. The van der Waals surface area contributed by atoms with Gasteiger partial charge < -0.3 is 10.3 Å². The fourth-order valence-electron chi connectivity index (χ4n) is 1.92. The molecule has 1 fully saturated rings. The lowest BCUT2D eigenvalue weighted by atomic mass is 10.2. The van der Waals surface area contributed by atoms with E-state index in [0.717, 1.165) is 12.8 Å². The zero-order valence-electron chi connectivity index (χ0n) is 8.45. The smallest absolute Gasteiger partial charge is 0.251 e. The average Bonchev–Trinajstić information content (AvgIpc) is 2.70. The third-order valence-corrected chi connectivity index (χ3v) is 2.73. The summed E-state index contributed by atoms with van der Waals surface area (Å²) < 4.78 is 0. The molecule has 1 aromatic heterocycles. The van der Waals surface area contributed by atoms with Gasteiger partial charge in [-0.3, -0.25) is 9.59 Å². The highest BCUT2D eigenvalue weighted by molar-refractivity contribution is 5.94. The fourth-order valence-corrected chi connectivity index (χ4v) is 1.92. The summed E-state index contributed by atoms with van der Waals surface area (Å²) in [5.41, 5.74) is 0.194. The fraction of sp³-hybridized carbons (Fsp3) is 0.455. The largest absolute Gasteiger partial charge is 0.349 e. The van der Waals surface area contributed by atoms with Gasteiger partial charge in [-0.1, -0.05) is 12.8 Å². The molecule has 0 saturated heterocycles. The summed E-state index contributed by atoms with van der Waals surface area (Å²) in [6.45, 7) is 0. The number of rotatable bonds is 2. The van der Waals surface area contributed by atoms with Crippen LogP contribution in [0.4, 0.5) is 0 Å². The molecule has 1 amide bonds. The maximum atomic E-state index is 11.7. The van der Waals surface area contributed by atoms with Crippen LogP contribution in [0.25, 0.3) is 0 Å². The minimum atomic E-state index is -0.242. The predicted octanol–water partition coefficient (Wildman–Crippen LogP) is 1.05. The Balaban J connectivity index is 2.04. The van der Waals surface area contributed by atoms with Crippen molar-refractivity contribution < 1.29 is 4.79 Å². The van der Waals surface area contributed by atoms with Crippen molar-refractivity contribution in [3.05, 3.63) is 34.2 Å². The number of pyridine rings is 1. The van der Waals surface area contributed by atoms with Crippen molar-refractivity contribution in [2.75, 3.05) is 0 Å². The molecule has 1 heterocycles. The van der Waals surface area contributed by atoms with Gasteiger partial charge in [0.2, 0.25) is 5.56 Å². The highest BCUT2D eigenvalue weighted by Gasteiger charge is 2.17. The summed E-state index contributed by atoms with van der Waals surface area (Å²) in [6.07, 6.45) is 5.95. The van der Waals surface area contributed by atoms with E-state index in [4.69, 9.17) is 0 Å². The van der Waals surface area contributed by atoms with Crippen molar-refractivity contribution >= 4 is 5.91 Å². The molecule has 4 heteroatoms. The van der Waals surface area contributed by atoms with Crippen LogP contribution in [-0.4, -0.2) is 16.9 Å². The van der Waals surface area contributed by atoms with Gasteiger partial charge in [-0.15, -0.1) is 0 Å². The molecule has 1 aliphatic carbocycles. The van der Waals surface area contributed by atoms with Crippen LogP contribution in [0.5, 0.6) is 0 Å². The van der Waals surface area contributed by atoms with Crippen molar-refractivity contribution in [1.82, 2.24) is 10.3 Å². The van der Waals surface area contributed by atoms with Crippen LogP contribution in [-0.2, 0) is 0 Å². The SMILES string of the molecule is O=C(NC1CCCC1)c1cc[nH]c(=O)c1. The van der Waals surface area contributed by atoms with Crippen molar-refractivity contribution in [2.24, 2.45) is 0 Å². The van der Waals surface area contributed by atoms with Crippen molar-refractivity contribution in [3.8, 4) is 0 Å². The van der Waals surface area contributed by atoms with E-state index in [2.05, 4.69) is 10.3 Å². The van der Waals surface area contributed by atoms with Gasteiger partial charge in [0.1, 0.15) is 0 Å². The minimum Gasteiger partial charge on any atom is -0.349 e. The van der Waals surface area contributed by atoms with Gasteiger partial charge in [-0.05, 0) is 18.9 Å². The van der Waals surface area contributed by atoms with E-state index in [1.165, 1.54) is 25.1 Å². The summed E-state index contributed by atoms with van der Waals surface area (Å²) in [5, 5.41) is 2.93. The number of carbonyl (C=O) groups excluding carboxylic acids is 1. The summed E-state index contributed by atoms with van der Waals surface area (Å²) in [4.78, 5) is 25.2. The van der Waals surface area contributed by atoms with E-state index in [1.807, 2.05) is 0 Å². The Kier molecular flexibility index (Phi) is 2.85. The Bertz CT molecular complexity index is 405. The third kappa shape index (κ3) is 2.46. The van der Waals surface area contributed by atoms with Crippen LogP contribution in [0.15, 0.2) is 23.1 Å². The molecule has 15 heavy (non-hydrogen) atoms. The Morgan fingerprint density at radius 1 is 1.40 bits per heavy atom. The number of nitrogens with one attached hydrogen (secondary N) is 2. The molecule has 80 valence electrons. The number of aromatic nitrogens is 1. The van der Waals surface area contributed by atoms with Gasteiger partial charge in [0.05, 0.1) is 0 Å². The Morgan fingerprint density at radius 2 is 2.13 bits per heavy atom. The lowest BCUT2D eigenvalue weighted by Gasteiger charge is -2.11. The third-order valence-electron chi connectivity index (χ3n) is 2.73. The second-order valence-electron chi connectivity index (χ2n) is 3.90. The molecule has 1 aromatic rings. The molecule has 0 unspecified atom stereocenters. The first kappa shape index (κ1) is 9.96. The van der Waals surface area contributed by atoms with Crippen LogP contribution in [0, 0.1) is 0 Å². The standard InChI is InChI=1S/C11H14N2O2/c14-10-7-8(5-6-12-10)11(15)13-9-3-1-2-4-9/h5-7,9H,1-4H2,(H,12,14)(H,13,15). The monoisotopic (exact) mass is 206 g/mol. The van der Waals surface area contributed by atoms with E-state index in [-0.39, 0.29) is 17.5 Å². The van der Waals surface area contributed by atoms with Crippen molar-refractivity contribution in [2.45, 2.75) is 31.7 Å². The van der Waals surface area contributed by atoms with Gasteiger partial charge in [0.25, 0.3) is 5.91 Å². The zero-order chi connectivity index (χ0) is 10.7. The van der Waals surface area contributed by atoms with Gasteiger partial charge in [0, 0.05) is 23.9 Å². The predicted molar refractivity (Wildman–Crippen MR) is 56.8 cm³/mol. The molecule has 1 saturated carbocycles. The molecule has 1 aliphatic rings. The van der Waals surface area contributed by atoms with Crippen LogP contribution in [0.1, 0.15) is 36.0 Å². The number of amides is 1.